The molecule has 0 aliphatic rings. The van der Waals surface area contributed by atoms with Crippen molar-refractivity contribution in [2.45, 2.75) is 52.7 Å². The Morgan fingerprint density at radius 1 is 0.885 bits per heavy atom. The van der Waals surface area contributed by atoms with Crippen LogP contribution in [0.15, 0.2) is 18.2 Å². The normalized spacial score (nSPS) is 10.5. The number of anilines is 1. The predicted octanol–water partition coefficient (Wildman–Crippen LogP) is 2.62. The van der Waals surface area contributed by atoms with Crippen LogP contribution in [0.4, 0.5) is 5.69 Å². The zero-order valence-corrected chi connectivity index (χ0v) is 15.2. The van der Waals surface area contributed by atoms with Gasteiger partial charge < -0.3 is 19.9 Å². The van der Waals surface area contributed by atoms with Gasteiger partial charge in [-0.2, -0.15) is 0 Å². The Morgan fingerprint density at radius 3 is 1.73 bits per heavy atom. The molecule has 0 atom stereocenters. The van der Waals surface area contributed by atoms with Crippen LogP contribution in [0.5, 0.6) is 0 Å². The number of esters is 2. The van der Waals surface area contributed by atoms with Crippen LogP contribution in [-0.4, -0.2) is 41.1 Å². The summed E-state index contributed by atoms with van der Waals surface area (Å²) in [6.07, 6.45) is -1.28. The minimum Gasteiger partial charge on any atom is -0.481 e. The summed E-state index contributed by atoms with van der Waals surface area (Å²) in [4.78, 5) is 46.7. The van der Waals surface area contributed by atoms with Crippen molar-refractivity contribution in [3.8, 4) is 0 Å². The number of carbonyl (C=O) groups is 4. The van der Waals surface area contributed by atoms with Crippen LogP contribution in [-0.2, 0) is 19.1 Å². The quantitative estimate of drug-likeness (QED) is 0.680. The van der Waals surface area contributed by atoms with Gasteiger partial charge in [-0.15, -0.1) is 0 Å². The number of carboxylic acid groups (broad SMARTS) is 1. The van der Waals surface area contributed by atoms with Crippen molar-refractivity contribution in [2.24, 2.45) is 0 Å². The highest BCUT2D eigenvalue weighted by molar-refractivity contribution is 5.99. The van der Waals surface area contributed by atoms with Crippen LogP contribution in [0.25, 0.3) is 0 Å². The molecule has 26 heavy (non-hydrogen) atoms. The molecule has 0 saturated heterocycles. The molecular weight excluding hydrogens is 342 g/mol. The monoisotopic (exact) mass is 365 g/mol. The number of aliphatic carboxylic acids is 1. The third-order valence-corrected chi connectivity index (χ3v) is 2.94. The summed E-state index contributed by atoms with van der Waals surface area (Å²) in [5.74, 6) is -2.96. The molecule has 1 aromatic rings. The molecule has 0 aliphatic carbocycles. The van der Waals surface area contributed by atoms with Gasteiger partial charge in [0.15, 0.2) is 0 Å². The zero-order valence-electron chi connectivity index (χ0n) is 15.2. The number of carboxylic acids is 1. The van der Waals surface area contributed by atoms with E-state index in [4.69, 9.17) is 14.6 Å². The lowest BCUT2D eigenvalue weighted by molar-refractivity contribution is -0.138. The fraction of sp³-hybridized carbons (Fsp3) is 0.444. The molecule has 0 heterocycles. The van der Waals surface area contributed by atoms with Gasteiger partial charge in [-0.05, 0) is 45.9 Å². The van der Waals surface area contributed by atoms with E-state index in [0.29, 0.717) is 0 Å². The van der Waals surface area contributed by atoms with E-state index in [9.17, 15) is 19.2 Å². The van der Waals surface area contributed by atoms with Crippen LogP contribution in [0, 0.1) is 0 Å². The highest BCUT2D eigenvalue weighted by atomic mass is 16.5. The molecule has 2 N–H and O–H groups in total. The van der Waals surface area contributed by atoms with E-state index in [1.807, 2.05) is 0 Å². The smallest absolute Gasteiger partial charge is 0.338 e. The predicted molar refractivity (Wildman–Crippen MR) is 93.0 cm³/mol. The fourth-order valence-corrected chi connectivity index (χ4v) is 1.94. The topological polar surface area (TPSA) is 119 Å². The molecule has 0 spiro atoms. The van der Waals surface area contributed by atoms with Gasteiger partial charge >= 0.3 is 17.9 Å². The number of benzene rings is 1. The molecule has 0 aromatic heterocycles. The van der Waals surface area contributed by atoms with Crippen LogP contribution in [0.3, 0.4) is 0 Å². The van der Waals surface area contributed by atoms with Crippen molar-refractivity contribution in [3.63, 3.8) is 0 Å². The number of carbonyl (C=O) groups excluding carboxylic acids is 3. The standard InChI is InChI=1S/C18H23NO7/c1-10(2)25-17(23)12-7-13(18(24)26-11(3)4)9-14(8-12)19-15(20)5-6-16(21)22/h7-11H,5-6H2,1-4H3,(H,19,20)(H,21,22). The Hall–Kier alpha value is -2.90. The average molecular weight is 365 g/mol. The van der Waals surface area contributed by atoms with Crippen molar-refractivity contribution in [1.82, 2.24) is 0 Å². The van der Waals surface area contributed by atoms with Crippen molar-refractivity contribution in [2.75, 3.05) is 5.32 Å². The van der Waals surface area contributed by atoms with Gasteiger partial charge in [0.2, 0.25) is 5.91 Å². The first kappa shape index (κ1) is 21.1. The second-order valence-corrected chi connectivity index (χ2v) is 6.15. The van der Waals surface area contributed by atoms with E-state index >= 15 is 0 Å². The lowest BCUT2D eigenvalue weighted by Crippen LogP contribution is -2.17. The van der Waals surface area contributed by atoms with E-state index in [1.54, 1.807) is 27.7 Å². The summed E-state index contributed by atoms with van der Waals surface area (Å²) in [6, 6.07) is 4.04. The third-order valence-electron chi connectivity index (χ3n) is 2.94. The second-order valence-electron chi connectivity index (χ2n) is 6.15. The summed E-state index contributed by atoms with van der Waals surface area (Å²) >= 11 is 0. The molecular formula is C18H23NO7. The molecule has 1 rings (SSSR count). The Kier molecular flexibility index (Phi) is 7.77. The molecule has 0 radical (unpaired) electrons. The molecule has 1 aromatic carbocycles. The molecule has 142 valence electrons. The first-order valence-corrected chi connectivity index (χ1v) is 8.17. The molecule has 8 nitrogen and oxygen atoms in total. The Balaban J connectivity index is 3.10. The number of amides is 1. The first-order valence-electron chi connectivity index (χ1n) is 8.17. The van der Waals surface area contributed by atoms with Crippen LogP contribution in [0.1, 0.15) is 61.3 Å². The van der Waals surface area contributed by atoms with Crippen molar-refractivity contribution < 1.29 is 33.8 Å². The second kappa shape index (κ2) is 9.55. The van der Waals surface area contributed by atoms with Crippen molar-refractivity contribution in [1.29, 1.82) is 0 Å². The maximum Gasteiger partial charge on any atom is 0.338 e. The van der Waals surface area contributed by atoms with Crippen molar-refractivity contribution >= 4 is 29.5 Å². The van der Waals surface area contributed by atoms with Crippen molar-refractivity contribution in [3.05, 3.63) is 29.3 Å². The van der Waals surface area contributed by atoms with Gasteiger partial charge in [-0.1, -0.05) is 0 Å². The largest absolute Gasteiger partial charge is 0.481 e. The lowest BCUT2D eigenvalue weighted by Gasteiger charge is -2.13. The average Bonchev–Trinajstić information content (AvgIpc) is 2.51. The van der Waals surface area contributed by atoms with Crippen LogP contribution < -0.4 is 5.32 Å². The van der Waals surface area contributed by atoms with E-state index in [0.717, 1.165) is 0 Å². The molecule has 8 heteroatoms. The molecule has 0 fully saturated rings. The number of hydrogen-bond acceptors (Lipinski definition) is 6. The lowest BCUT2D eigenvalue weighted by atomic mass is 10.1. The Morgan fingerprint density at radius 2 is 1.35 bits per heavy atom. The van der Waals surface area contributed by atoms with Gasteiger partial charge in [0.1, 0.15) is 0 Å². The molecule has 0 unspecified atom stereocenters. The van der Waals surface area contributed by atoms with E-state index in [-0.39, 0.29) is 41.9 Å². The van der Waals surface area contributed by atoms with Gasteiger partial charge in [-0.25, -0.2) is 9.59 Å². The van der Waals surface area contributed by atoms with Crippen LogP contribution >= 0.6 is 0 Å². The minimum absolute atomic E-state index is 0.0745. The number of nitrogens with one attached hydrogen (secondary N) is 1. The molecule has 0 saturated carbocycles. The van der Waals surface area contributed by atoms with E-state index in [1.165, 1.54) is 18.2 Å². The zero-order chi connectivity index (χ0) is 19.9. The van der Waals surface area contributed by atoms with Crippen LogP contribution in [0.2, 0.25) is 0 Å². The van der Waals surface area contributed by atoms with E-state index < -0.39 is 23.8 Å². The van der Waals surface area contributed by atoms with Gasteiger partial charge in [0.25, 0.3) is 0 Å². The summed E-state index contributed by atoms with van der Waals surface area (Å²) in [7, 11) is 0. The summed E-state index contributed by atoms with van der Waals surface area (Å²) < 4.78 is 10.2. The maximum atomic E-state index is 12.1. The Labute approximate surface area is 151 Å². The van der Waals surface area contributed by atoms with Gasteiger partial charge in [0.05, 0.1) is 29.8 Å². The van der Waals surface area contributed by atoms with E-state index in [2.05, 4.69) is 5.32 Å². The van der Waals surface area contributed by atoms with Gasteiger partial charge in [-0.3, -0.25) is 9.59 Å². The summed E-state index contributed by atoms with van der Waals surface area (Å²) in [5.41, 5.74) is 0.324. The van der Waals surface area contributed by atoms with Gasteiger partial charge in [0, 0.05) is 12.1 Å². The Bertz CT molecular complexity index is 655. The number of ether oxygens (including phenoxy) is 2. The fourth-order valence-electron chi connectivity index (χ4n) is 1.94. The minimum atomic E-state index is -1.10. The highest BCUT2D eigenvalue weighted by Gasteiger charge is 2.18. The summed E-state index contributed by atoms with van der Waals surface area (Å²) in [5, 5.41) is 11.1. The summed E-state index contributed by atoms with van der Waals surface area (Å²) in [6.45, 7) is 6.74. The molecule has 1 amide bonds. The maximum absolute atomic E-state index is 12.1. The SMILES string of the molecule is CC(C)OC(=O)c1cc(NC(=O)CCC(=O)O)cc(C(=O)OC(C)C)c1. The first-order chi connectivity index (χ1) is 12.1. The molecule has 0 aliphatic heterocycles. The number of hydrogen-bond donors (Lipinski definition) is 2. The highest BCUT2D eigenvalue weighted by Crippen LogP contribution is 2.18. The number of rotatable bonds is 8. The molecule has 0 bridgehead atoms. The third kappa shape index (κ3) is 7.33.